The quantitative estimate of drug-likeness (QED) is 0.785. The predicted molar refractivity (Wildman–Crippen MR) is 100 cm³/mol. The van der Waals surface area contributed by atoms with Crippen molar-refractivity contribution in [3.05, 3.63) is 23.2 Å². The Morgan fingerprint density at radius 3 is 2.36 bits per heavy atom. The van der Waals surface area contributed by atoms with Gasteiger partial charge in [-0.3, -0.25) is 0 Å². The Kier molecular flexibility index (Phi) is 4.35. The molecule has 4 aliphatic rings. The van der Waals surface area contributed by atoms with Crippen LogP contribution in [0.5, 0.6) is 5.75 Å². The van der Waals surface area contributed by atoms with Gasteiger partial charge >= 0.3 is 6.03 Å². The molecular formula is C20H27ClN2O2. The van der Waals surface area contributed by atoms with Crippen molar-refractivity contribution < 1.29 is 9.53 Å². The zero-order valence-corrected chi connectivity index (χ0v) is 15.7. The maximum absolute atomic E-state index is 12.6. The molecule has 2 N–H and O–H groups in total. The molecule has 0 spiro atoms. The average molecular weight is 363 g/mol. The first-order chi connectivity index (χ1) is 12.0. The minimum absolute atomic E-state index is 0.177. The fourth-order valence-electron chi connectivity index (χ4n) is 5.99. The lowest BCUT2D eigenvalue weighted by Crippen LogP contribution is -2.56. The smallest absolute Gasteiger partial charge is 0.319 e. The zero-order valence-electron chi connectivity index (χ0n) is 15.0. The number of hydrogen-bond acceptors (Lipinski definition) is 2. The first-order valence-corrected chi connectivity index (χ1v) is 9.76. The van der Waals surface area contributed by atoms with Gasteiger partial charge in [-0.15, -0.1) is 0 Å². The lowest BCUT2D eigenvalue weighted by molar-refractivity contribution is -0.0679. The van der Waals surface area contributed by atoms with Crippen LogP contribution in [-0.2, 0) is 0 Å². The van der Waals surface area contributed by atoms with Gasteiger partial charge in [0.05, 0.1) is 12.8 Å². The molecule has 0 radical (unpaired) electrons. The van der Waals surface area contributed by atoms with Crippen LogP contribution in [0.3, 0.4) is 0 Å². The summed E-state index contributed by atoms with van der Waals surface area (Å²) in [4.78, 5) is 12.6. The molecule has 4 bridgehead atoms. The van der Waals surface area contributed by atoms with Crippen LogP contribution in [0.15, 0.2) is 18.2 Å². The Hall–Kier alpha value is -1.42. The van der Waals surface area contributed by atoms with Gasteiger partial charge < -0.3 is 15.4 Å². The number of halogens is 1. The number of anilines is 1. The standard InChI is InChI=1S/C20H27ClN2O2/c1-12(20-9-13-5-14(10-20)7-15(6-13)11-20)22-19(24)23-17-8-16(21)3-4-18(17)25-2/h3-4,8,12-15H,5-7,9-11H2,1-2H3,(H2,22,23,24). The summed E-state index contributed by atoms with van der Waals surface area (Å²) in [6, 6.07) is 5.24. The van der Waals surface area contributed by atoms with E-state index in [4.69, 9.17) is 16.3 Å². The monoisotopic (exact) mass is 362 g/mol. The van der Waals surface area contributed by atoms with E-state index in [9.17, 15) is 4.79 Å². The second kappa shape index (κ2) is 6.39. The SMILES string of the molecule is COc1ccc(Cl)cc1NC(=O)NC(C)C12CC3CC(CC(C3)C1)C2. The summed E-state index contributed by atoms with van der Waals surface area (Å²) in [5, 5.41) is 6.69. The number of carbonyl (C=O) groups is 1. The summed E-state index contributed by atoms with van der Waals surface area (Å²) in [6.45, 7) is 2.18. The van der Waals surface area contributed by atoms with Crippen LogP contribution < -0.4 is 15.4 Å². The first kappa shape index (κ1) is 17.0. The van der Waals surface area contributed by atoms with Crippen LogP contribution in [0.25, 0.3) is 0 Å². The van der Waals surface area contributed by atoms with E-state index >= 15 is 0 Å². The van der Waals surface area contributed by atoms with Crippen LogP contribution in [0.4, 0.5) is 10.5 Å². The number of urea groups is 1. The Morgan fingerprint density at radius 1 is 1.20 bits per heavy atom. The molecule has 5 heteroatoms. The molecule has 4 aliphatic carbocycles. The number of benzene rings is 1. The predicted octanol–water partition coefficient (Wildman–Crippen LogP) is 5.08. The number of carbonyl (C=O) groups excluding carboxylic acids is 1. The fourth-order valence-corrected chi connectivity index (χ4v) is 6.17. The van der Waals surface area contributed by atoms with Crippen LogP contribution in [0.2, 0.25) is 5.02 Å². The minimum Gasteiger partial charge on any atom is -0.495 e. The number of hydrogen-bond donors (Lipinski definition) is 2. The maximum atomic E-state index is 12.6. The Labute approximate surface area is 154 Å². The van der Waals surface area contributed by atoms with E-state index in [2.05, 4.69) is 17.6 Å². The van der Waals surface area contributed by atoms with Crippen molar-refractivity contribution in [2.24, 2.45) is 23.2 Å². The van der Waals surface area contributed by atoms with Gasteiger partial charge in [-0.25, -0.2) is 4.79 Å². The summed E-state index contributed by atoms with van der Waals surface area (Å²) in [5.41, 5.74) is 0.898. The number of methoxy groups -OCH3 is 1. The van der Waals surface area contributed by atoms with Crippen LogP contribution in [-0.4, -0.2) is 19.2 Å². The molecule has 4 saturated carbocycles. The highest BCUT2D eigenvalue weighted by Crippen LogP contribution is 2.61. The maximum Gasteiger partial charge on any atom is 0.319 e. The Morgan fingerprint density at radius 2 is 1.80 bits per heavy atom. The van der Waals surface area contributed by atoms with Crippen LogP contribution in [0, 0.1) is 23.2 Å². The molecule has 0 aromatic heterocycles. The normalized spacial score (nSPS) is 33.8. The molecule has 0 saturated heterocycles. The molecule has 0 heterocycles. The van der Waals surface area contributed by atoms with Crippen LogP contribution in [0.1, 0.15) is 45.4 Å². The molecule has 5 rings (SSSR count). The third kappa shape index (κ3) is 3.21. The third-order valence-electron chi connectivity index (χ3n) is 6.76. The molecule has 136 valence electrons. The van der Waals surface area contributed by atoms with Gasteiger partial charge in [0.15, 0.2) is 0 Å². The van der Waals surface area contributed by atoms with Gasteiger partial charge in [0.25, 0.3) is 0 Å². The number of rotatable bonds is 4. The molecule has 1 atom stereocenters. The molecular weight excluding hydrogens is 336 g/mol. The van der Waals surface area contributed by atoms with Gasteiger partial charge in [0, 0.05) is 11.1 Å². The highest BCUT2D eigenvalue weighted by Gasteiger charge is 2.53. The van der Waals surface area contributed by atoms with Gasteiger partial charge in [-0.1, -0.05) is 11.6 Å². The molecule has 1 unspecified atom stereocenters. The number of ether oxygens (including phenoxy) is 1. The van der Waals surface area contributed by atoms with E-state index in [1.807, 2.05) is 0 Å². The van der Waals surface area contributed by atoms with Gasteiger partial charge in [-0.2, -0.15) is 0 Å². The van der Waals surface area contributed by atoms with Gasteiger partial charge in [-0.05, 0) is 86.8 Å². The highest BCUT2D eigenvalue weighted by atomic mass is 35.5. The summed E-state index contributed by atoms with van der Waals surface area (Å²) in [5.74, 6) is 3.26. The lowest BCUT2D eigenvalue weighted by atomic mass is 9.48. The van der Waals surface area contributed by atoms with E-state index in [0.29, 0.717) is 21.9 Å². The van der Waals surface area contributed by atoms with E-state index in [1.54, 1.807) is 25.3 Å². The second-order valence-corrected chi connectivity index (χ2v) is 8.88. The van der Waals surface area contributed by atoms with Crippen molar-refractivity contribution in [2.75, 3.05) is 12.4 Å². The molecule has 2 amide bonds. The molecule has 1 aromatic carbocycles. The van der Waals surface area contributed by atoms with E-state index < -0.39 is 0 Å². The highest BCUT2D eigenvalue weighted by molar-refractivity contribution is 6.31. The fraction of sp³-hybridized carbons (Fsp3) is 0.650. The average Bonchev–Trinajstić information content (AvgIpc) is 2.53. The summed E-state index contributed by atoms with van der Waals surface area (Å²) >= 11 is 6.05. The summed E-state index contributed by atoms with van der Waals surface area (Å²) in [6.07, 6.45) is 8.08. The van der Waals surface area contributed by atoms with Crippen molar-refractivity contribution in [2.45, 2.75) is 51.5 Å². The Bertz CT molecular complexity index is 640. The topological polar surface area (TPSA) is 50.4 Å². The largest absolute Gasteiger partial charge is 0.495 e. The third-order valence-corrected chi connectivity index (χ3v) is 7.00. The molecule has 4 nitrogen and oxygen atoms in total. The molecule has 4 fully saturated rings. The first-order valence-electron chi connectivity index (χ1n) is 9.38. The zero-order chi connectivity index (χ0) is 17.6. The Balaban J connectivity index is 1.44. The van der Waals surface area contributed by atoms with E-state index in [0.717, 1.165) is 17.8 Å². The van der Waals surface area contributed by atoms with E-state index in [1.165, 1.54) is 38.5 Å². The summed E-state index contributed by atoms with van der Waals surface area (Å²) < 4.78 is 5.31. The minimum atomic E-state index is -0.177. The molecule has 0 aliphatic heterocycles. The van der Waals surface area contributed by atoms with E-state index in [-0.39, 0.29) is 12.1 Å². The number of nitrogens with one attached hydrogen (secondary N) is 2. The van der Waals surface area contributed by atoms with Gasteiger partial charge in [0.1, 0.15) is 5.75 Å². The molecule has 25 heavy (non-hydrogen) atoms. The lowest BCUT2D eigenvalue weighted by Gasteiger charge is -2.59. The van der Waals surface area contributed by atoms with Crippen molar-refractivity contribution in [1.29, 1.82) is 0 Å². The van der Waals surface area contributed by atoms with Gasteiger partial charge in [0.2, 0.25) is 0 Å². The number of amides is 2. The van der Waals surface area contributed by atoms with Crippen molar-refractivity contribution in [3.8, 4) is 5.75 Å². The van der Waals surface area contributed by atoms with Crippen molar-refractivity contribution in [3.63, 3.8) is 0 Å². The summed E-state index contributed by atoms with van der Waals surface area (Å²) in [7, 11) is 1.59. The molecule has 1 aromatic rings. The van der Waals surface area contributed by atoms with Crippen molar-refractivity contribution >= 4 is 23.3 Å². The van der Waals surface area contributed by atoms with Crippen molar-refractivity contribution in [1.82, 2.24) is 5.32 Å². The van der Waals surface area contributed by atoms with Crippen LogP contribution >= 0.6 is 11.6 Å². The second-order valence-electron chi connectivity index (χ2n) is 8.44.